The predicted molar refractivity (Wildman–Crippen MR) is 57.9 cm³/mol. The van der Waals surface area contributed by atoms with Crippen molar-refractivity contribution in [3.05, 3.63) is 29.6 Å². The molecule has 1 fully saturated rings. The Morgan fingerprint density at radius 1 is 1.11 bits per heavy atom. The molecule has 0 aliphatic carbocycles. The van der Waals surface area contributed by atoms with Crippen molar-refractivity contribution in [2.45, 2.75) is 19.0 Å². The first-order chi connectivity index (χ1) is 8.38. The highest BCUT2D eigenvalue weighted by molar-refractivity contribution is 5.81. The van der Waals surface area contributed by atoms with Gasteiger partial charge in [0.25, 0.3) is 0 Å². The van der Waals surface area contributed by atoms with Gasteiger partial charge in [0, 0.05) is 25.9 Å². The Balaban J connectivity index is 2.29. The first-order valence-corrected chi connectivity index (χ1v) is 5.51. The van der Waals surface area contributed by atoms with E-state index in [1.165, 1.54) is 4.90 Å². The van der Waals surface area contributed by atoms with Gasteiger partial charge in [0.05, 0.1) is 11.3 Å². The maximum atomic E-state index is 13.5. The number of benzene rings is 1. The number of nitrogens with zero attached hydrogens (tertiary/aromatic N) is 1. The van der Waals surface area contributed by atoms with Crippen molar-refractivity contribution in [3.63, 3.8) is 0 Å². The normalized spacial score (nSPS) is 17.1. The van der Waals surface area contributed by atoms with E-state index in [2.05, 4.69) is 0 Å². The molecule has 0 radical (unpaired) electrons. The molecule has 2 rings (SSSR count). The van der Waals surface area contributed by atoms with Gasteiger partial charge in [-0.2, -0.15) is 13.2 Å². The Labute approximate surface area is 101 Å². The Kier molecular flexibility index (Phi) is 3.28. The van der Waals surface area contributed by atoms with Crippen LogP contribution >= 0.6 is 0 Å². The van der Waals surface area contributed by atoms with Crippen LogP contribution in [0.5, 0.6) is 0 Å². The number of hydrogen-bond acceptors (Lipinski definition) is 2. The van der Waals surface area contributed by atoms with Crippen LogP contribution in [0.4, 0.5) is 23.2 Å². The van der Waals surface area contributed by atoms with E-state index in [4.69, 9.17) is 0 Å². The molecule has 0 N–H and O–H groups in total. The summed E-state index contributed by atoms with van der Waals surface area (Å²) in [6.07, 6.45) is -4.00. The molecule has 1 aromatic carbocycles. The SMILES string of the molecule is O=C1CCN(c2cc(C(F)(F)F)ccc2F)CC1. The predicted octanol–water partition coefficient (Wildman–Crippen LogP) is 3.01. The van der Waals surface area contributed by atoms with Crippen LogP contribution < -0.4 is 4.90 Å². The van der Waals surface area contributed by atoms with Gasteiger partial charge in [-0.1, -0.05) is 0 Å². The lowest BCUT2D eigenvalue weighted by molar-refractivity contribution is -0.137. The molecule has 0 atom stereocenters. The second-order valence-electron chi connectivity index (χ2n) is 4.19. The zero-order chi connectivity index (χ0) is 13.3. The smallest absolute Gasteiger partial charge is 0.368 e. The van der Waals surface area contributed by atoms with Gasteiger partial charge in [-0.15, -0.1) is 0 Å². The van der Waals surface area contributed by atoms with Crippen molar-refractivity contribution in [1.82, 2.24) is 0 Å². The van der Waals surface area contributed by atoms with Crippen LogP contribution in [-0.4, -0.2) is 18.9 Å². The van der Waals surface area contributed by atoms with Gasteiger partial charge in [-0.3, -0.25) is 4.79 Å². The molecule has 1 aliphatic rings. The number of Topliss-reactive ketones (excluding diaryl/α,β-unsaturated/α-hetero) is 1. The molecule has 1 saturated heterocycles. The standard InChI is InChI=1S/C12H11F4NO/c13-10-2-1-8(12(14,15)16)7-11(10)17-5-3-9(18)4-6-17/h1-2,7H,3-6H2. The van der Waals surface area contributed by atoms with Crippen LogP contribution in [-0.2, 0) is 11.0 Å². The van der Waals surface area contributed by atoms with Crippen LogP contribution in [0.2, 0.25) is 0 Å². The summed E-state index contributed by atoms with van der Waals surface area (Å²) in [6, 6.07) is 2.33. The first-order valence-electron chi connectivity index (χ1n) is 5.51. The second kappa shape index (κ2) is 4.59. The molecule has 98 valence electrons. The van der Waals surface area contributed by atoms with E-state index in [9.17, 15) is 22.4 Å². The van der Waals surface area contributed by atoms with Gasteiger partial charge in [-0.05, 0) is 18.2 Å². The highest BCUT2D eigenvalue weighted by Crippen LogP contribution is 2.33. The van der Waals surface area contributed by atoms with Crippen molar-refractivity contribution in [2.24, 2.45) is 0 Å². The topological polar surface area (TPSA) is 20.3 Å². The summed E-state index contributed by atoms with van der Waals surface area (Å²) in [6.45, 7) is 0.522. The molecule has 18 heavy (non-hydrogen) atoms. The minimum Gasteiger partial charge on any atom is -0.368 e. The van der Waals surface area contributed by atoms with Crippen LogP contribution in [0, 0.1) is 5.82 Å². The van der Waals surface area contributed by atoms with Gasteiger partial charge in [0.15, 0.2) is 0 Å². The van der Waals surface area contributed by atoms with Gasteiger partial charge in [0.2, 0.25) is 0 Å². The molecule has 0 spiro atoms. The van der Waals surface area contributed by atoms with Crippen LogP contribution in [0.25, 0.3) is 0 Å². The van der Waals surface area contributed by atoms with E-state index < -0.39 is 17.6 Å². The fourth-order valence-electron chi connectivity index (χ4n) is 1.93. The third kappa shape index (κ3) is 2.63. The van der Waals surface area contributed by atoms with E-state index >= 15 is 0 Å². The molecule has 0 amide bonds. The largest absolute Gasteiger partial charge is 0.416 e. The number of rotatable bonds is 1. The van der Waals surface area contributed by atoms with Crippen LogP contribution in [0.3, 0.4) is 0 Å². The molecule has 1 aromatic rings. The molecule has 0 bridgehead atoms. The summed E-state index contributed by atoms with van der Waals surface area (Å²) in [7, 11) is 0. The zero-order valence-corrected chi connectivity index (χ0v) is 9.43. The van der Waals surface area contributed by atoms with Crippen molar-refractivity contribution < 1.29 is 22.4 Å². The van der Waals surface area contributed by atoms with Crippen molar-refractivity contribution >= 4 is 11.5 Å². The number of alkyl halides is 3. The fraction of sp³-hybridized carbons (Fsp3) is 0.417. The Morgan fingerprint density at radius 3 is 2.28 bits per heavy atom. The van der Waals surface area contributed by atoms with Crippen LogP contribution in [0.15, 0.2) is 18.2 Å². The molecule has 6 heteroatoms. The quantitative estimate of drug-likeness (QED) is 0.724. The minimum absolute atomic E-state index is 0.0543. The molecular formula is C12H11F4NO. The Morgan fingerprint density at radius 2 is 1.72 bits per heavy atom. The average Bonchev–Trinajstić information content (AvgIpc) is 2.29. The third-order valence-corrected chi connectivity index (χ3v) is 2.94. The van der Waals surface area contributed by atoms with E-state index in [-0.39, 0.29) is 37.4 Å². The van der Waals surface area contributed by atoms with E-state index in [0.29, 0.717) is 6.07 Å². The summed E-state index contributed by atoms with van der Waals surface area (Å²) in [5.74, 6) is -0.643. The highest BCUT2D eigenvalue weighted by atomic mass is 19.4. The van der Waals surface area contributed by atoms with Gasteiger partial charge < -0.3 is 4.90 Å². The number of piperidine rings is 1. The van der Waals surface area contributed by atoms with E-state index in [0.717, 1.165) is 12.1 Å². The van der Waals surface area contributed by atoms with E-state index in [1.807, 2.05) is 0 Å². The maximum absolute atomic E-state index is 13.5. The molecule has 1 aliphatic heterocycles. The Bertz CT molecular complexity index is 460. The summed E-state index contributed by atoms with van der Waals surface area (Å²) in [5.41, 5.74) is -0.965. The van der Waals surface area contributed by atoms with Crippen LogP contribution in [0.1, 0.15) is 18.4 Å². The minimum atomic E-state index is -4.49. The maximum Gasteiger partial charge on any atom is 0.416 e. The Hall–Kier alpha value is -1.59. The molecule has 0 saturated carbocycles. The molecule has 2 nitrogen and oxygen atoms in total. The molecule has 0 aromatic heterocycles. The number of ketones is 1. The van der Waals surface area contributed by atoms with Gasteiger partial charge in [-0.25, -0.2) is 4.39 Å². The summed E-state index contributed by atoms with van der Waals surface area (Å²) >= 11 is 0. The number of halogens is 4. The number of hydrogen-bond donors (Lipinski definition) is 0. The lowest BCUT2D eigenvalue weighted by Gasteiger charge is -2.28. The third-order valence-electron chi connectivity index (χ3n) is 2.94. The van der Waals surface area contributed by atoms with E-state index in [1.54, 1.807) is 0 Å². The summed E-state index contributed by atoms with van der Waals surface area (Å²) in [5, 5.41) is 0. The van der Waals surface area contributed by atoms with Crippen molar-refractivity contribution in [2.75, 3.05) is 18.0 Å². The van der Waals surface area contributed by atoms with Gasteiger partial charge in [0.1, 0.15) is 11.6 Å². The summed E-state index contributed by atoms with van der Waals surface area (Å²) in [4.78, 5) is 12.5. The number of anilines is 1. The number of carbonyl (C=O) groups is 1. The molecule has 1 heterocycles. The van der Waals surface area contributed by atoms with Gasteiger partial charge >= 0.3 is 6.18 Å². The monoisotopic (exact) mass is 261 g/mol. The highest BCUT2D eigenvalue weighted by Gasteiger charge is 2.32. The van der Waals surface area contributed by atoms with Crippen molar-refractivity contribution in [1.29, 1.82) is 0 Å². The van der Waals surface area contributed by atoms with Crippen molar-refractivity contribution in [3.8, 4) is 0 Å². The average molecular weight is 261 g/mol. The number of carbonyl (C=O) groups excluding carboxylic acids is 1. The molecule has 0 unspecified atom stereocenters. The zero-order valence-electron chi connectivity index (χ0n) is 9.43. The second-order valence-corrected chi connectivity index (χ2v) is 4.19. The lowest BCUT2D eigenvalue weighted by Crippen LogP contribution is -2.34. The lowest BCUT2D eigenvalue weighted by atomic mass is 10.1. The fourth-order valence-corrected chi connectivity index (χ4v) is 1.93. The molecular weight excluding hydrogens is 250 g/mol. The first kappa shape index (κ1) is 12.9. The summed E-state index contributed by atoms with van der Waals surface area (Å²) < 4.78 is 51.1.